The van der Waals surface area contributed by atoms with Crippen molar-refractivity contribution in [3.8, 4) is 0 Å². The number of carboxylic acids is 1. The van der Waals surface area contributed by atoms with Gasteiger partial charge in [-0.05, 0) is 0 Å². The first-order valence-electron chi connectivity index (χ1n) is 5.20. The number of nitrogens with two attached hydrogens (primary N) is 1. The molecule has 0 bridgehead atoms. The van der Waals surface area contributed by atoms with Gasteiger partial charge in [0.1, 0.15) is 6.04 Å². The number of carboxylic acid groups (broad SMARTS) is 1. The van der Waals surface area contributed by atoms with E-state index in [1.807, 2.05) is 0 Å². The van der Waals surface area contributed by atoms with Crippen molar-refractivity contribution in [1.82, 2.24) is 10.2 Å². The van der Waals surface area contributed by atoms with Crippen molar-refractivity contribution in [2.45, 2.75) is 12.5 Å². The van der Waals surface area contributed by atoms with Crippen molar-refractivity contribution in [3.63, 3.8) is 0 Å². The molecule has 1 rings (SSSR count). The maximum absolute atomic E-state index is 11.3. The fraction of sp³-hybridized carbons (Fsp3) is 0.400. The van der Waals surface area contributed by atoms with Crippen LogP contribution < -0.4 is 11.1 Å². The molecular weight excluding hydrogens is 242 g/mol. The summed E-state index contributed by atoms with van der Waals surface area (Å²) in [7, 11) is 0. The smallest absolute Gasteiger partial charge is 0.322 e. The number of carbonyl (C=O) groups excluding carboxylic acids is 3. The SMILES string of the molecule is NC(CNC(=O)CCN1C(=O)C=CC1=O)C(=O)O. The van der Waals surface area contributed by atoms with E-state index in [1.54, 1.807) is 0 Å². The number of nitrogens with one attached hydrogen (secondary N) is 1. The molecule has 8 heteroatoms. The molecule has 0 aliphatic carbocycles. The average Bonchev–Trinajstić information content (AvgIpc) is 2.63. The third-order valence-electron chi connectivity index (χ3n) is 2.30. The van der Waals surface area contributed by atoms with Gasteiger partial charge in [0.05, 0.1) is 0 Å². The molecule has 0 saturated heterocycles. The van der Waals surface area contributed by atoms with Crippen molar-refractivity contribution in [1.29, 1.82) is 0 Å². The number of amides is 3. The van der Waals surface area contributed by atoms with Crippen LogP contribution in [0.4, 0.5) is 0 Å². The van der Waals surface area contributed by atoms with Crippen LogP contribution in [-0.4, -0.2) is 52.8 Å². The van der Waals surface area contributed by atoms with Crippen LogP contribution >= 0.6 is 0 Å². The van der Waals surface area contributed by atoms with E-state index in [9.17, 15) is 19.2 Å². The molecule has 1 heterocycles. The number of imide groups is 1. The number of aliphatic carboxylic acids is 1. The average molecular weight is 255 g/mol. The van der Waals surface area contributed by atoms with E-state index < -0.39 is 29.7 Å². The Morgan fingerprint density at radius 1 is 1.33 bits per heavy atom. The molecule has 0 saturated carbocycles. The van der Waals surface area contributed by atoms with Gasteiger partial charge in [-0.15, -0.1) is 0 Å². The zero-order valence-electron chi connectivity index (χ0n) is 9.46. The Bertz CT molecular complexity index is 400. The Kier molecular flexibility index (Phi) is 4.55. The lowest BCUT2D eigenvalue weighted by atomic mass is 10.3. The lowest BCUT2D eigenvalue weighted by Crippen LogP contribution is -2.43. The molecule has 1 aliphatic heterocycles. The first-order chi connectivity index (χ1) is 8.41. The standard InChI is InChI=1S/C10H13N3O5/c11-6(10(17)18)5-12-7(14)3-4-13-8(15)1-2-9(13)16/h1-2,6H,3-5,11H2,(H,12,14)(H,17,18). The second kappa shape index (κ2) is 5.92. The highest BCUT2D eigenvalue weighted by Crippen LogP contribution is 2.03. The third-order valence-corrected chi connectivity index (χ3v) is 2.30. The zero-order valence-corrected chi connectivity index (χ0v) is 9.46. The second-order valence-corrected chi connectivity index (χ2v) is 3.66. The van der Waals surface area contributed by atoms with Gasteiger partial charge >= 0.3 is 5.97 Å². The summed E-state index contributed by atoms with van der Waals surface area (Å²) in [6.45, 7) is -0.243. The molecule has 0 aromatic heterocycles. The van der Waals surface area contributed by atoms with E-state index in [0.29, 0.717) is 0 Å². The quantitative estimate of drug-likeness (QED) is 0.463. The van der Waals surface area contributed by atoms with Gasteiger partial charge in [-0.2, -0.15) is 0 Å². The van der Waals surface area contributed by atoms with Crippen LogP contribution in [0.5, 0.6) is 0 Å². The highest BCUT2D eigenvalue weighted by Gasteiger charge is 2.23. The monoisotopic (exact) mass is 255 g/mol. The normalized spacial score (nSPS) is 15.9. The fourth-order valence-electron chi connectivity index (χ4n) is 1.26. The number of carbonyl (C=O) groups is 4. The Morgan fingerprint density at radius 3 is 2.39 bits per heavy atom. The van der Waals surface area contributed by atoms with Crippen LogP contribution in [0.25, 0.3) is 0 Å². The molecule has 0 spiro atoms. The topological polar surface area (TPSA) is 130 Å². The van der Waals surface area contributed by atoms with Crippen LogP contribution in [0, 0.1) is 0 Å². The van der Waals surface area contributed by atoms with Crippen molar-refractivity contribution in [2.75, 3.05) is 13.1 Å². The summed E-state index contributed by atoms with van der Waals surface area (Å²) >= 11 is 0. The minimum atomic E-state index is -1.22. The number of hydrogen-bond donors (Lipinski definition) is 3. The molecule has 4 N–H and O–H groups in total. The first kappa shape index (κ1) is 13.8. The van der Waals surface area contributed by atoms with E-state index in [4.69, 9.17) is 10.8 Å². The Labute approximate surface area is 102 Å². The second-order valence-electron chi connectivity index (χ2n) is 3.66. The molecule has 18 heavy (non-hydrogen) atoms. The molecule has 1 unspecified atom stereocenters. The van der Waals surface area contributed by atoms with Gasteiger partial charge in [-0.3, -0.25) is 24.1 Å². The number of hydrogen-bond acceptors (Lipinski definition) is 5. The molecule has 0 fully saturated rings. The summed E-state index contributed by atoms with van der Waals surface area (Å²) in [4.78, 5) is 44.9. The lowest BCUT2D eigenvalue weighted by molar-refractivity contribution is -0.138. The highest BCUT2D eigenvalue weighted by molar-refractivity contribution is 6.13. The number of nitrogens with zero attached hydrogens (tertiary/aromatic N) is 1. The first-order valence-corrected chi connectivity index (χ1v) is 5.20. The third kappa shape index (κ3) is 3.67. The minimum Gasteiger partial charge on any atom is -0.480 e. The van der Waals surface area contributed by atoms with Crippen LogP contribution in [0.15, 0.2) is 12.2 Å². The van der Waals surface area contributed by atoms with Gasteiger partial charge in [-0.25, -0.2) is 0 Å². The maximum Gasteiger partial charge on any atom is 0.322 e. The van der Waals surface area contributed by atoms with E-state index in [1.165, 1.54) is 0 Å². The summed E-state index contributed by atoms with van der Waals surface area (Å²) in [6.07, 6.45) is 2.16. The summed E-state index contributed by atoms with van der Waals surface area (Å²) in [6, 6.07) is -1.18. The van der Waals surface area contributed by atoms with E-state index in [2.05, 4.69) is 5.32 Å². The van der Waals surface area contributed by atoms with Crippen LogP contribution in [0.1, 0.15) is 6.42 Å². The minimum absolute atomic E-state index is 0.0428. The Morgan fingerprint density at radius 2 is 1.89 bits per heavy atom. The lowest BCUT2D eigenvalue weighted by Gasteiger charge is -2.13. The summed E-state index contributed by atoms with van der Waals surface area (Å²) in [5.41, 5.74) is 5.18. The fourth-order valence-corrected chi connectivity index (χ4v) is 1.26. The van der Waals surface area contributed by atoms with Crippen molar-refractivity contribution >= 4 is 23.7 Å². The van der Waals surface area contributed by atoms with Crippen molar-refractivity contribution in [2.24, 2.45) is 5.73 Å². The van der Waals surface area contributed by atoms with Gasteiger partial charge < -0.3 is 16.2 Å². The summed E-state index contributed by atoms with van der Waals surface area (Å²) < 4.78 is 0. The Balaban J connectivity index is 2.28. The van der Waals surface area contributed by atoms with Gasteiger partial charge in [-0.1, -0.05) is 0 Å². The number of rotatable bonds is 6. The van der Waals surface area contributed by atoms with Crippen LogP contribution in [-0.2, 0) is 19.2 Å². The van der Waals surface area contributed by atoms with Crippen LogP contribution in [0.3, 0.4) is 0 Å². The van der Waals surface area contributed by atoms with Gasteiger partial charge in [0.15, 0.2) is 0 Å². The van der Waals surface area contributed by atoms with Gasteiger partial charge in [0, 0.05) is 31.7 Å². The molecule has 0 radical (unpaired) electrons. The predicted molar refractivity (Wildman–Crippen MR) is 59.1 cm³/mol. The van der Waals surface area contributed by atoms with E-state index in [0.717, 1.165) is 17.1 Å². The summed E-state index contributed by atoms with van der Waals surface area (Å²) in [5, 5.41) is 10.8. The largest absolute Gasteiger partial charge is 0.480 e. The zero-order chi connectivity index (χ0) is 13.7. The van der Waals surface area contributed by atoms with Crippen molar-refractivity contribution in [3.05, 3.63) is 12.2 Å². The van der Waals surface area contributed by atoms with Gasteiger partial charge in [0.25, 0.3) is 11.8 Å². The molecule has 1 atom stereocenters. The highest BCUT2D eigenvalue weighted by atomic mass is 16.4. The molecule has 0 aromatic carbocycles. The Hall–Kier alpha value is -2.22. The summed E-state index contributed by atoms with van der Waals surface area (Å²) in [5.74, 6) is -2.62. The molecule has 3 amide bonds. The molecule has 8 nitrogen and oxygen atoms in total. The van der Waals surface area contributed by atoms with Crippen LogP contribution in [0.2, 0.25) is 0 Å². The maximum atomic E-state index is 11.3. The predicted octanol–water partition coefficient (Wildman–Crippen LogP) is -2.17. The van der Waals surface area contributed by atoms with E-state index in [-0.39, 0.29) is 19.5 Å². The van der Waals surface area contributed by atoms with Crippen molar-refractivity contribution < 1.29 is 24.3 Å². The molecular formula is C10H13N3O5. The molecule has 0 aromatic rings. The van der Waals surface area contributed by atoms with Gasteiger partial charge in [0.2, 0.25) is 5.91 Å². The molecule has 98 valence electrons. The van der Waals surface area contributed by atoms with E-state index >= 15 is 0 Å². The molecule has 1 aliphatic rings.